The Morgan fingerprint density at radius 1 is 1.09 bits per heavy atom. The van der Waals surface area contributed by atoms with E-state index in [9.17, 15) is 37.4 Å². The Labute approximate surface area is 182 Å². The molecule has 0 aliphatic heterocycles. The third-order valence-electron chi connectivity index (χ3n) is 5.26. The molecule has 170 valence electrons. The molecule has 0 spiro atoms. The minimum Gasteiger partial charge on any atom is -0.506 e. The highest BCUT2D eigenvalue weighted by Gasteiger charge is 2.35. The summed E-state index contributed by atoms with van der Waals surface area (Å²) in [6, 6.07) is 5.87. The van der Waals surface area contributed by atoms with Gasteiger partial charge in [-0.15, -0.1) is 0 Å². The lowest BCUT2D eigenvalue weighted by atomic mass is 10.0. The molecule has 0 fully saturated rings. The van der Waals surface area contributed by atoms with Crippen LogP contribution in [0.25, 0.3) is 21.8 Å². The molecule has 4 rings (SSSR count). The number of anilines is 1. The Balaban J connectivity index is 2.02. The fourth-order valence-corrected chi connectivity index (χ4v) is 3.94. The molecule has 1 amide bonds. The molecule has 11 heteroatoms. The zero-order chi connectivity index (χ0) is 23.9. The van der Waals surface area contributed by atoms with Crippen molar-refractivity contribution in [1.29, 1.82) is 0 Å². The van der Waals surface area contributed by atoms with Gasteiger partial charge in [0.1, 0.15) is 11.6 Å². The predicted octanol–water partition coefficient (Wildman–Crippen LogP) is 4.30. The van der Waals surface area contributed by atoms with E-state index in [0.29, 0.717) is 18.0 Å². The van der Waals surface area contributed by atoms with E-state index in [2.05, 4.69) is 10.3 Å². The molecule has 0 saturated heterocycles. The van der Waals surface area contributed by atoms with Crippen LogP contribution < -0.4 is 5.32 Å². The topological polar surface area (TPSA) is 104 Å². The van der Waals surface area contributed by atoms with Crippen molar-refractivity contribution in [3.63, 3.8) is 0 Å². The molecule has 0 atom stereocenters. The van der Waals surface area contributed by atoms with E-state index in [1.54, 1.807) is 0 Å². The van der Waals surface area contributed by atoms with Gasteiger partial charge in [-0.25, -0.2) is 4.39 Å². The minimum atomic E-state index is -4.88. The van der Waals surface area contributed by atoms with Gasteiger partial charge in [0.25, 0.3) is 0 Å². The predicted molar refractivity (Wildman–Crippen MR) is 110 cm³/mol. The second kappa shape index (κ2) is 8.08. The number of aliphatic carboxylic acids is 1. The quantitative estimate of drug-likeness (QED) is 0.294. The molecule has 2 aromatic carbocycles. The first-order valence-electron chi connectivity index (χ1n) is 9.50. The average molecular weight is 461 g/mol. The summed E-state index contributed by atoms with van der Waals surface area (Å²) in [5.74, 6) is -2.90. The van der Waals surface area contributed by atoms with E-state index in [-0.39, 0.29) is 45.4 Å². The Hall–Kier alpha value is -4.15. The van der Waals surface area contributed by atoms with E-state index in [1.807, 2.05) is 0 Å². The number of carbonyl (C=O) groups excluding carboxylic acids is 1. The number of aromatic hydroxyl groups is 1. The van der Waals surface area contributed by atoms with Crippen LogP contribution in [0.4, 0.5) is 23.2 Å². The number of carboxylic acids is 1. The molecule has 0 saturated carbocycles. The summed E-state index contributed by atoms with van der Waals surface area (Å²) in [5.41, 5.74) is -0.741. The lowest BCUT2D eigenvalue weighted by Crippen LogP contribution is -2.11. The monoisotopic (exact) mass is 461 g/mol. The zero-order valence-electron chi connectivity index (χ0n) is 16.7. The standard InChI is InChI=1S/C22H15F4N3O4/c23-20-12(2-1-3-13(20)22(24,25)26)9-29-14-5-4-11(6-17(32)33)21(28-10-30)19(14)18-15(29)7-27-8-16(18)31/h1-5,7-8,10,31H,6,9H2,(H,28,30)(H,32,33). The van der Waals surface area contributed by atoms with Crippen LogP contribution in [-0.2, 0) is 28.7 Å². The number of carbonyl (C=O) groups is 2. The van der Waals surface area contributed by atoms with Gasteiger partial charge in [-0.05, 0) is 17.7 Å². The van der Waals surface area contributed by atoms with Crippen LogP contribution >= 0.6 is 0 Å². The molecule has 3 N–H and O–H groups in total. The molecular formula is C22H15F4N3O4. The maximum Gasteiger partial charge on any atom is 0.419 e. The highest BCUT2D eigenvalue weighted by atomic mass is 19.4. The number of rotatable bonds is 6. The number of halogens is 4. The maximum atomic E-state index is 14.7. The van der Waals surface area contributed by atoms with E-state index < -0.39 is 29.9 Å². The van der Waals surface area contributed by atoms with Crippen molar-refractivity contribution < 1.29 is 37.4 Å². The van der Waals surface area contributed by atoms with Gasteiger partial charge in [0.15, 0.2) is 0 Å². The van der Waals surface area contributed by atoms with E-state index >= 15 is 0 Å². The fourth-order valence-electron chi connectivity index (χ4n) is 3.94. The highest BCUT2D eigenvalue weighted by Crippen LogP contribution is 2.41. The third kappa shape index (κ3) is 3.81. The smallest absolute Gasteiger partial charge is 0.419 e. The number of alkyl halides is 3. The first kappa shape index (κ1) is 22.1. The molecule has 0 aliphatic rings. The van der Waals surface area contributed by atoms with Crippen molar-refractivity contribution in [2.24, 2.45) is 0 Å². The van der Waals surface area contributed by atoms with Crippen LogP contribution in [0.1, 0.15) is 16.7 Å². The molecule has 0 bridgehead atoms. The van der Waals surface area contributed by atoms with Crippen molar-refractivity contribution in [2.75, 3.05) is 5.32 Å². The molecule has 0 unspecified atom stereocenters. The van der Waals surface area contributed by atoms with Crippen LogP contribution in [0.5, 0.6) is 5.75 Å². The number of hydrogen-bond acceptors (Lipinski definition) is 4. The van der Waals surface area contributed by atoms with Crippen molar-refractivity contribution in [3.05, 3.63) is 65.2 Å². The number of nitrogens with zero attached hydrogens (tertiary/aromatic N) is 2. The van der Waals surface area contributed by atoms with Gasteiger partial charge in [0.2, 0.25) is 6.41 Å². The number of nitrogens with one attached hydrogen (secondary N) is 1. The molecule has 2 aromatic heterocycles. The summed E-state index contributed by atoms with van der Waals surface area (Å²) in [6.45, 7) is -0.348. The van der Waals surface area contributed by atoms with Gasteiger partial charge in [-0.1, -0.05) is 18.2 Å². The summed E-state index contributed by atoms with van der Waals surface area (Å²) < 4.78 is 55.7. The number of benzene rings is 2. The first-order chi connectivity index (χ1) is 15.6. The molecule has 0 radical (unpaired) electrons. The summed E-state index contributed by atoms with van der Waals surface area (Å²) in [5, 5.41) is 22.6. The van der Waals surface area contributed by atoms with Crippen molar-refractivity contribution in [1.82, 2.24) is 9.55 Å². The molecule has 0 aliphatic carbocycles. The van der Waals surface area contributed by atoms with Gasteiger partial charge < -0.3 is 20.1 Å². The Kier molecular flexibility index (Phi) is 5.40. The van der Waals surface area contributed by atoms with Gasteiger partial charge in [0.05, 0.1) is 53.0 Å². The number of hydrogen-bond donors (Lipinski definition) is 3. The lowest BCUT2D eigenvalue weighted by molar-refractivity contribution is -0.140. The number of pyridine rings is 1. The summed E-state index contributed by atoms with van der Waals surface area (Å²) in [4.78, 5) is 26.4. The van der Waals surface area contributed by atoms with Gasteiger partial charge in [-0.2, -0.15) is 13.2 Å². The van der Waals surface area contributed by atoms with E-state index in [4.69, 9.17) is 0 Å². The Morgan fingerprint density at radius 3 is 2.52 bits per heavy atom. The van der Waals surface area contributed by atoms with E-state index in [1.165, 1.54) is 29.0 Å². The molecule has 2 heterocycles. The van der Waals surface area contributed by atoms with Crippen LogP contribution in [0.3, 0.4) is 0 Å². The molecule has 33 heavy (non-hydrogen) atoms. The van der Waals surface area contributed by atoms with E-state index in [0.717, 1.165) is 12.3 Å². The minimum absolute atomic E-state index is 0.111. The maximum absolute atomic E-state index is 14.7. The molecular weight excluding hydrogens is 446 g/mol. The molecule has 4 aromatic rings. The first-order valence-corrected chi connectivity index (χ1v) is 9.50. The summed E-state index contributed by atoms with van der Waals surface area (Å²) >= 11 is 0. The van der Waals surface area contributed by atoms with Gasteiger partial charge >= 0.3 is 12.1 Å². The number of amides is 1. The highest BCUT2D eigenvalue weighted by molar-refractivity contribution is 6.18. The fraction of sp³-hybridized carbons (Fsp3) is 0.136. The van der Waals surface area contributed by atoms with Crippen molar-refractivity contribution in [2.45, 2.75) is 19.1 Å². The normalized spacial score (nSPS) is 11.8. The second-order valence-corrected chi connectivity index (χ2v) is 7.24. The SMILES string of the molecule is O=CNc1c(CC(=O)O)ccc2c1c1c(O)cncc1n2Cc1cccc(C(F)(F)F)c1F. The lowest BCUT2D eigenvalue weighted by Gasteiger charge is -2.14. The van der Waals surface area contributed by atoms with Crippen LogP contribution in [0.15, 0.2) is 42.7 Å². The van der Waals surface area contributed by atoms with Crippen molar-refractivity contribution >= 4 is 39.9 Å². The summed E-state index contributed by atoms with van der Waals surface area (Å²) in [7, 11) is 0. The Bertz CT molecular complexity index is 1410. The van der Waals surface area contributed by atoms with Crippen LogP contribution in [0.2, 0.25) is 0 Å². The van der Waals surface area contributed by atoms with Gasteiger partial charge in [0, 0.05) is 10.9 Å². The molecule has 7 nitrogen and oxygen atoms in total. The largest absolute Gasteiger partial charge is 0.506 e. The van der Waals surface area contributed by atoms with Crippen LogP contribution in [-0.4, -0.2) is 32.1 Å². The summed E-state index contributed by atoms with van der Waals surface area (Å²) in [6.07, 6.45) is -2.51. The number of fused-ring (bicyclic) bond motifs is 3. The second-order valence-electron chi connectivity index (χ2n) is 7.24. The van der Waals surface area contributed by atoms with Crippen molar-refractivity contribution in [3.8, 4) is 5.75 Å². The average Bonchev–Trinajstić information content (AvgIpc) is 3.05. The number of carboxylic acid groups (broad SMARTS) is 1. The Morgan fingerprint density at radius 2 is 1.85 bits per heavy atom. The zero-order valence-corrected chi connectivity index (χ0v) is 16.7. The van der Waals surface area contributed by atoms with Crippen LogP contribution in [0, 0.1) is 5.82 Å². The van der Waals surface area contributed by atoms with Gasteiger partial charge in [-0.3, -0.25) is 14.6 Å². The third-order valence-corrected chi connectivity index (χ3v) is 5.26. The number of aromatic nitrogens is 2.